The molecule has 0 aliphatic carbocycles. The van der Waals surface area contributed by atoms with Crippen LogP contribution in [0.3, 0.4) is 0 Å². The maximum Gasteiger partial charge on any atom is 0.00523 e. The monoisotopic (exact) mass is 102 g/mol. The average Bonchev–Trinajstić information content (AvgIpc) is 1.61. The van der Waals surface area contributed by atoms with Crippen LogP contribution >= 0.6 is 11.8 Å². The van der Waals surface area contributed by atoms with E-state index in [2.05, 4.69) is 25.6 Å². The third-order valence-corrected chi connectivity index (χ3v) is 3.13. The summed E-state index contributed by atoms with van der Waals surface area (Å²) in [5.74, 6) is 2.39. The highest BCUT2D eigenvalue weighted by Gasteiger charge is 2.21. The van der Waals surface area contributed by atoms with Crippen molar-refractivity contribution < 1.29 is 0 Å². The Morgan fingerprint density at radius 3 is 2.00 bits per heavy atom. The minimum absolute atomic E-state index is 0.949. The Labute approximate surface area is 43.3 Å². The van der Waals surface area contributed by atoms with Crippen molar-refractivity contribution in [3.63, 3.8) is 0 Å². The molecule has 6 heavy (non-hydrogen) atoms. The van der Waals surface area contributed by atoms with Crippen molar-refractivity contribution in [1.82, 2.24) is 0 Å². The van der Waals surface area contributed by atoms with Crippen LogP contribution in [-0.2, 0) is 0 Å². The smallest absolute Gasteiger partial charge is 0.00523 e. The average molecular weight is 102 g/mol. The molecular weight excluding hydrogens is 92.1 g/mol. The first kappa shape index (κ1) is 4.51. The molecule has 0 nitrogen and oxygen atoms in total. The molecule has 0 aromatic carbocycles. The van der Waals surface area contributed by atoms with Crippen molar-refractivity contribution in [3.05, 3.63) is 0 Å². The number of hydrogen-bond acceptors (Lipinski definition) is 1. The lowest BCUT2D eigenvalue weighted by Gasteiger charge is -2.29. The molecular formula is C5H10S. The first-order valence-electron chi connectivity index (χ1n) is 2.42. The molecule has 36 valence electrons. The van der Waals surface area contributed by atoms with Crippen LogP contribution in [0.1, 0.15) is 13.8 Å². The van der Waals surface area contributed by atoms with Crippen molar-refractivity contribution in [2.45, 2.75) is 19.1 Å². The SMILES string of the molecule is CC1CS[C@@H]1C. The fourth-order valence-electron chi connectivity index (χ4n) is 0.481. The largest absolute Gasteiger partial charge is 0.158 e. The summed E-state index contributed by atoms with van der Waals surface area (Å²) in [5.41, 5.74) is 0. The zero-order valence-electron chi connectivity index (χ0n) is 4.27. The second-order valence-electron chi connectivity index (χ2n) is 2.02. The second kappa shape index (κ2) is 1.45. The van der Waals surface area contributed by atoms with E-state index < -0.39 is 0 Å². The Bertz CT molecular complexity index is 43.9. The molecule has 1 aliphatic rings. The summed E-state index contributed by atoms with van der Waals surface area (Å²) in [6.07, 6.45) is 0. The van der Waals surface area contributed by atoms with Gasteiger partial charge >= 0.3 is 0 Å². The molecule has 1 fully saturated rings. The van der Waals surface area contributed by atoms with Crippen LogP contribution in [-0.4, -0.2) is 11.0 Å². The lowest BCUT2D eigenvalue weighted by atomic mass is 10.1. The maximum atomic E-state index is 2.31. The van der Waals surface area contributed by atoms with Crippen molar-refractivity contribution in [2.75, 3.05) is 5.75 Å². The fraction of sp³-hybridized carbons (Fsp3) is 1.00. The predicted molar refractivity (Wildman–Crippen MR) is 31.1 cm³/mol. The molecule has 0 spiro atoms. The fourth-order valence-corrected chi connectivity index (χ4v) is 1.44. The second-order valence-corrected chi connectivity index (χ2v) is 3.43. The Morgan fingerprint density at radius 2 is 2.00 bits per heavy atom. The highest BCUT2D eigenvalue weighted by atomic mass is 32.2. The number of hydrogen-bond donors (Lipinski definition) is 0. The molecule has 1 unspecified atom stereocenters. The van der Waals surface area contributed by atoms with Gasteiger partial charge in [-0.15, -0.1) is 0 Å². The zero-order valence-corrected chi connectivity index (χ0v) is 5.09. The highest BCUT2D eigenvalue weighted by molar-refractivity contribution is 8.01. The molecule has 0 N–H and O–H groups in total. The van der Waals surface area contributed by atoms with Crippen LogP contribution in [0, 0.1) is 5.92 Å². The van der Waals surface area contributed by atoms with Gasteiger partial charge in [0.25, 0.3) is 0 Å². The van der Waals surface area contributed by atoms with Gasteiger partial charge in [0.2, 0.25) is 0 Å². The van der Waals surface area contributed by atoms with E-state index in [9.17, 15) is 0 Å². The maximum absolute atomic E-state index is 2.31. The molecule has 0 aromatic rings. The van der Waals surface area contributed by atoms with Gasteiger partial charge in [-0.25, -0.2) is 0 Å². The predicted octanol–water partition coefficient (Wildman–Crippen LogP) is 1.76. The third-order valence-electron chi connectivity index (χ3n) is 1.42. The van der Waals surface area contributed by atoms with Gasteiger partial charge in [-0.3, -0.25) is 0 Å². The van der Waals surface area contributed by atoms with Crippen molar-refractivity contribution >= 4 is 11.8 Å². The Hall–Kier alpha value is 0.350. The lowest BCUT2D eigenvalue weighted by molar-refractivity contribution is 0.610. The van der Waals surface area contributed by atoms with Gasteiger partial charge < -0.3 is 0 Å². The molecule has 0 saturated carbocycles. The molecule has 0 aromatic heterocycles. The van der Waals surface area contributed by atoms with Gasteiger partial charge in [0, 0.05) is 5.25 Å². The molecule has 1 aliphatic heterocycles. The van der Waals surface area contributed by atoms with Crippen LogP contribution in [0.2, 0.25) is 0 Å². The summed E-state index contributed by atoms with van der Waals surface area (Å²) in [7, 11) is 0. The topological polar surface area (TPSA) is 0 Å². The van der Waals surface area contributed by atoms with Gasteiger partial charge in [-0.2, -0.15) is 11.8 Å². The first-order chi connectivity index (χ1) is 2.80. The van der Waals surface area contributed by atoms with E-state index in [1.54, 1.807) is 0 Å². The van der Waals surface area contributed by atoms with E-state index in [4.69, 9.17) is 0 Å². The standard InChI is InChI=1S/C5H10S/c1-4-3-6-5(4)2/h4-5H,3H2,1-2H3/t4?,5-/m1/s1. The highest BCUT2D eigenvalue weighted by Crippen LogP contribution is 2.32. The molecule has 0 radical (unpaired) electrons. The summed E-state index contributed by atoms with van der Waals surface area (Å²) >= 11 is 2.07. The quantitative estimate of drug-likeness (QED) is 0.449. The Balaban J connectivity index is 2.20. The van der Waals surface area contributed by atoms with Crippen LogP contribution in [0.25, 0.3) is 0 Å². The van der Waals surface area contributed by atoms with Crippen LogP contribution in [0.15, 0.2) is 0 Å². The summed E-state index contributed by atoms with van der Waals surface area (Å²) in [4.78, 5) is 0. The van der Waals surface area contributed by atoms with Crippen LogP contribution < -0.4 is 0 Å². The summed E-state index contributed by atoms with van der Waals surface area (Å²) in [6.45, 7) is 4.60. The minimum Gasteiger partial charge on any atom is -0.158 e. The van der Waals surface area contributed by atoms with Gasteiger partial charge in [0.15, 0.2) is 0 Å². The van der Waals surface area contributed by atoms with Crippen molar-refractivity contribution in [1.29, 1.82) is 0 Å². The Kier molecular flexibility index (Phi) is 1.09. The van der Waals surface area contributed by atoms with E-state index in [0.29, 0.717) is 0 Å². The van der Waals surface area contributed by atoms with E-state index in [0.717, 1.165) is 11.2 Å². The molecule has 2 atom stereocenters. The van der Waals surface area contributed by atoms with E-state index in [-0.39, 0.29) is 0 Å². The molecule has 0 bridgehead atoms. The lowest BCUT2D eigenvalue weighted by Crippen LogP contribution is -2.23. The van der Waals surface area contributed by atoms with Gasteiger partial charge in [0.05, 0.1) is 0 Å². The third kappa shape index (κ3) is 0.558. The van der Waals surface area contributed by atoms with E-state index >= 15 is 0 Å². The molecule has 1 heterocycles. The summed E-state index contributed by atoms with van der Waals surface area (Å²) in [5, 5.41) is 0.949. The van der Waals surface area contributed by atoms with E-state index in [1.807, 2.05) is 0 Å². The summed E-state index contributed by atoms with van der Waals surface area (Å²) < 4.78 is 0. The number of thioether (sulfide) groups is 1. The normalized spacial score (nSPS) is 45.0. The summed E-state index contributed by atoms with van der Waals surface area (Å²) in [6, 6.07) is 0. The van der Waals surface area contributed by atoms with Crippen molar-refractivity contribution in [3.8, 4) is 0 Å². The first-order valence-corrected chi connectivity index (χ1v) is 3.47. The molecule has 0 amide bonds. The van der Waals surface area contributed by atoms with Gasteiger partial charge in [-0.05, 0) is 11.7 Å². The molecule has 1 heteroatoms. The number of rotatable bonds is 0. The van der Waals surface area contributed by atoms with Crippen molar-refractivity contribution in [2.24, 2.45) is 5.92 Å². The van der Waals surface area contributed by atoms with E-state index in [1.165, 1.54) is 5.75 Å². The van der Waals surface area contributed by atoms with Crippen LogP contribution in [0.5, 0.6) is 0 Å². The van der Waals surface area contributed by atoms with Crippen LogP contribution in [0.4, 0.5) is 0 Å². The van der Waals surface area contributed by atoms with Gasteiger partial charge in [-0.1, -0.05) is 13.8 Å². The van der Waals surface area contributed by atoms with Gasteiger partial charge in [0.1, 0.15) is 0 Å². The zero-order chi connectivity index (χ0) is 4.57. The molecule has 1 rings (SSSR count). The molecule has 1 saturated heterocycles. The minimum atomic E-state index is 0.949. The Morgan fingerprint density at radius 1 is 1.50 bits per heavy atom.